The van der Waals surface area contributed by atoms with E-state index in [9.17, 15) is 9.18 Å². The third-order valence-corrected chi connectivity index (χ3v) is 3.47. The van der Waals surface area contributed by atoms with E-state index in [1.807, 2.05) is 11.9 Å². The molecule has 0 fully saturated rings. The Morgan fingerprint density at radius 2 is 2.05 bits per heavy atom. The van der Waals surface area contributed by atoms with Crippen LogP contribution in [0.4, 0.5) is 4.39 Å². The van der Waals surface area contributed by atoms with E-state index < -0.39 is 5.91 Å². The van der Waals surface area contributed by atoms with Crippen LogP contribution in [-0.2, 0) is 6.54 Å². The van der Waals surface area contributed by atoms with Gasteiger partial charge in [-0.2, -0.15) is 0 Å². The SMILES string of the molecule is CC(C)C(N)CCN(C)Cc1cc(C(N)=O)ccc1F. The molecule has 0 aliphatic rings. The molecule has 5 heteroatoms. The largest absolute Gasteiger partial charge is 0.366 e. The van der Waals surface area contributed by atoms with Crippen LogP contribution in [0.3, 0.4) is 0 Å². The number of halogens is 1. The van der Waals surface area contributed by atoms with Crippen molar-refractivity contribution >= 4 is 5.91 Å². The molecule has 0 heterocycles. The van der Waals surface area contributed by atoms with Crippen LogP contribution in [0.5, 0.6) is 0 Å². The van der Waals surface area contributed by atoms with Gasteiger partial charge in [0.1, 0.15) is 5.82 Å². The lowest BCUT2D eigenvalue weighted by Gasteiger charge is -2.21. The molecule has 1 aromatic carbocycles. The first-order valence-electron chi connectivity index (χ1n) is 6.83. The van der Waals surface area contributed by atoms with Crippen LogP contribution >= 0.6 is 0 Å². The molecule has 0 saturated carbocycles. The lowest BCUT2D eigenvalue weighted by Crippen LogP contribution is -2.31. The zero-order valence-corrected chi connectivity index (χ0v) is 12.4. The number of rotatable bonds is 7. The number of primary amides is 1. The minimum Gasteiger partial charge on any atom is -0.366 e. The Kier molecular flexibility index (Phi) is 6.10. The molecule has 0 aromatic heterocycles. The maximum atomic E-state index is 13.7. The molecule has 1 aromatic rings. The van der Waals surface area contributed by atoms with Crippen molar-refractivity contribution in [2.45, 2.75) is 32.9 Å². The highest BCUT2D eigenvalue weighted by atomic mass is 19.1. The van der Waals surface area contributed by atoms with Gasteiger partial charge in [0.2, 0.25) is 5.91 Å². The van der Waals surface area contributed by atoms with E-state index in [0.717, 1.165) is 13.0 Å². The van der Waals surface area contributed by atoms with Gasteiger partial charge in [-0.05, 0) is 44.1 Å². The molecule has 1 rings (SSSR count). The summed E-state index contributed by atoms with van der Waals surface area (Å²) in [5, 5.41) is 0. The van der Waals surface area contributed by atoms with E-state index in [1.54, 1.807) is 0 Å². The number of carbonyl (C=O) groups excluding carboxylic acids is 1. The quantitative estimate of drug-likeness (QED) is 0.799. The number of carbonyl (C=O) groups is 1. The molecule has 0 saturated heterocycles. The van der Waals surface area contributed by atoms with Crippen molar-refractivity contribution in [3.05, 3.63) is 35.1 Å². The fourth-order valence-electron chi connectivity index (χ4n) is 1.92. The van der Waals surface area contributed by atoms with E-state index in [0.29, 0.717) is 23.6 Å². The van der Waals surface area contributed by atoms with Crippen LogP contribution in [0.15, 0.2) is 18.2 Å². The molecular formula is C15H24FN3O. The highest BCUT2D eigenvalue weighted by Gasteiger charge is 2.12. The highest BCUT2D eigenvalue weighted by molar-refractivity contribution is 5.92. The van der Waals surface area contributed by atoms with Crippen LogP contribution in [-0.4, -0.2) is 30.4 Å². The summed E-state index contributed by atoms with van der Waals surface area (Å²) in [6.45, 7) is 5.37. The highest BCUT2D eigenvalue weighted by Crippen LogP contribution is 2.13. The predicted molar refractivity (Wildman–Crippen MR) is 78.7 cm³/mol. The van der Waals surface area contributed by atoms with Crippen molar-refractivity contribution in [3.8, 4) is 0 Å². The molecule has 4 nitrogen and oxygen atoms in total. The first kappa shape index (κ1) is 16.6. The standard InChI is InChI=1S/C15H24FN3O/c1-10(2)14(17)6-7-19(3)9-12-8-11(15(18)20)4-5-13(12)16/h4-5,8,10,14H,6-7,9,17H2,1-3H3,(H2,18,20). The van der Waals surface area contributed by atoms with E-state index >= 15 is 0 Å². The van der Waals surface area contributed by atoms with Gasteiger partial charge in [0, 0.05) is 23.7 Å². The molecule has 0 spiro atoms. The summed E-state index contributed by atoms with van der Waals surface area (Å²) in [5.41, 5.74) is 12.0. The van der Waals surface area contributed by atoms with Crippen molar-refractivity contribution < 1.29 is 9.18 Å². The van der Waals surface area contributed by atoms with E-state index in [1.165, 1.54) is 18.2 Å². The second-order valence-corrected chi connectivity index (χ2v) is 5.60. The minimum absolute atomic E-state index is 0.138. The average molecular weight is 281 g/mol. The van der Waals surface area contributed by atoms with Gasteiger partial charge in [0.05, 0.1) is 0 Å². The Morgan fingerprint density at radius 3 is 2.60 bits per heavy atom. The summed E-state index contributed by atoms with van der Waals surface area (Å²) in [7, 11) is 1.91. The Morgan fingerprint density at radius 1 is 1.40 bits per heavy atom. The average Bonchev–Trinajstić information content (AvgIpc) is 2.38. The first-order chi connectivity index (χ1) is 9.31. The van der Waals surface area contributed by atoms with Crippen LogP contribution in [0.2, 0.25) is 0 Å². The zero-order valence-electron chi connectivity index (χ0n) is 12.4. The van der Waals surface area contributed by atoms with Gasteiger partial charge in [-0.1, -0.05) is 13.8 Å². The second kappa shape index (κ2) is 7.36. The lowest BCUT2D eigenvalue weighted by molar-refractivity contribution is 0.1000. The number of benzene rings is 1. The molecule has 0 radical (unpaired) electrons. The molecule has 20 heavy (non-hydrogen) atoms. The third-order valence-electron chi connectivity index (χ3n) is 3.47. The Bertz CT molecular complexity index is 462. The summed E-state index contributed by atoms with van der Waals surface area (Å²) < 4.78 is 13.7. The van der Waals surface area contributed by atoms with Gasteiger partial charge < -0.3 is 16.4 Å². The van der Waals surface area contributed by atoms with Gasteiger partial charge in [0.15, 0.2) is 0 Å². The topological polar surface area (TPSA) is 72.3 Å². The van der Waals surface area contributed by atoms with Crippen molar-refractivity contribution in [1.82, 2.24) is 4.90 Å². The fraction of sp³-hybridized carbons (Fsp3) is 0.533. The van der Waals surface area contributed by atoms with E-state index in [2.05, 4.69) is 13.8 Å². The van der Waals surface area contributed by atoms with Gasteiger partial charge in [-0.15, -0.1) is 0 Å². The van der Waals surface area contributed by atoms with Crippen molar-refractivity contribution in [2.75, 3.05) is 13.6 Å². The molecule has 4 N–H and O–H groups in total. The zero-order chi connectivity index (χ0) is 15.3. The molecule has 0 aliphatic carbocycles. The lowest BCUT2D eigenvalue weighted by atomic mass is 10.0. The van der Waals surface area contributed by atoms with Gasteiger partial charge >= 0.3 is 0 Å². The summed E-state index contributed by atoms with van der Waals surface area (Å²) in [4.78, 5) is 13.1. The monoisotopic (exact) mass is 281 g/mol. The summed E-state index contributed by atoms with van der Waals surface area (Å²) in [6, 6.07) is 4.33. The normalized spacial score (nSPS) is 12.9. The number of hydrogen-bond acceptors (Lipinski definition) is 3. The van der Waals surface area contributed by atoms with Crippen LogP contribution in [0, 0.1) is 11.7 Å². The molecule has 112 valence electrons. The molecule has 1 amide bonds. The maximum absolute atomic E-state index is 13.7. The summed E-state index contributed by atoms with van der Waals surface area (Å²) >= 11 is 0. The fourth-order valence-corrected chi connectivity index (χ4v) is 1.92. The molecule has 1 atom stereocenters. The van der Waals surface area contributed by atoms with Gasteiger partial charge in [0.25, 0.3) is 0 Å². The van der Waals surface area contributed by atoms with Crippen LogP contribution in [0.25, 0.3) is 0 Å². The van der Waals surface area contributed by atoms with Crippen LogP contribution in [0.1, 0.15) is 36.2 Å². The second-order valence-electron chi connectivity index (χ2n) is 5.60. The minimum atomic E-state index is -0.546. The Hall–Kier alpha value is -1.46. The number of hydrogen-bond donors (Lipinski definition) is 2. The van der Waals surface area contributed by atoms with E-state index in [-0.39, 0.29) is 11.9 Å². The number of nitrogens with two attached hydrogens (primary N) is 2. The van der Waals surface area contributed by atoms with E-state index in [4.69, 9.17) is 11.5 Å². The molecule has 0 aliphatic heterocycles. The van der Waals surface area contributed by atoms with Crippen molar-refractivity contribution in [3.63, 3.8) is 0 Å². The third kappa shape index (κ3) is 4.90. The first-order valence-corrected chi connectivity index (χ1v) is 6.83. The van der Waals surface area contributed by atoms with Gasteiger partial charge in [-0.25, -0.2) is 4.39 Å². The van der Waals surface area contributed by atoms with Crippen LogP contribution < -0.4 is 11.5 Å². The number of amides is 1. The molecule has 1 unspecified atom stereocenters. The maximum Gasteiger partial charge on any atom is 0.248 e. The van der Waals surface area contributed by atoms with Gasteiger partial charge in [-0.3, -0.25) is 4.79 Å². The van der Waals surface area contributed by atoms with Crippen molar-refractivity contribution in [1.29, 1.82) is 0 Å². The molecule has 0 bridgehead atoms. The number of nitrogens with zero attached hydrogens (tertiary/aromatic N) is 1. The summed E-state index contributed by atoms with van der Waals surface area (Å²) in [6.07, 6.45) is 0.852. The molecular weight excluding hydrogens is 257 g/mol. The Balaban J connectivity index is 2.63. The van der Waals surface area contributed by atoms with Crippen molar-refractivity contribution in [2.24, 2.45) is 17.4 Å². The predicted octanol–water partition coefficient (Wildman–Crippen LogP) is 1.73. The smallest absolute Gasteiger partial charge is 0.248 e. The summed E-state index contributed by atoms with van der Waals surface area (Å²) in [5.74, 6) is -0.441. The Labute approximate surface area is 119 Å².